The molecule has 3 aromatic carbocycles. The Bertz CT molecular complexity index is 1300. The first-order chi connectivity index (χ1) is 15.8. The third kappa shape index (κ3) is 4.78. The second kappa shape index (κ2) is 9.59. The molecule has 1 atom stereocenters. The number of ether oxygens (including phenoxy) is 2. The predicted molar refractivity (Wildman–Crippen MR) is 129 cm³/mol. The summed E-state index contributed by atoms with van der Waals surface area (Å²) in [5.41, 5.74) is 0.415. The van der Waals surface area contributed by atoms with Crippen molar-refractivity contribution < 1.29 is 22.7 Å². The van der Waals surface area contributed by atoms with E-state index < -0.39 is 15.9 Å². The first-order valence-electron chi connectivity index (χ1n) is 10.5. The Labute approximate surface area is 198 Å². The minimum absolute atomic E-state index is 0.105. The van der Waals surface area contributed by atoms with Crippen LogP contribution in [-0.4, -0.2) is 45.9 Å². The van der Waals surface area contributed by atoms with Crippen LogP contribution in [0.25, 0.3) is 10.8 Å². The van der Waals surface area contributed by atoms with Crippen molar-refractivity contribution in [2.75, 3.05) is 32.6 Å². The molecule has 4 rings (SSSR count). The molecule has 1 aliphatic rings. The molecule has 1 fully saturated rings. The van der Waals surface area contributed by atoms with Crippen molar-refractivity contribution in [3.8, 4) is 11.5 Å². The van der Waals surface area contributed by atoms with Gasteiger partial charge in [-0.3, -0.25) is 4.79 Å². The maximum atomic E-state index is 13.3. The first kappa shape index (κ1) is 23.4. The zero-order chi connectivity index (χ0) is 23.6. The minimum atomic E-state index is -3.73. The molecular formula is C24H25ClN2O5S. The van der Waals surface area contributed by atoms with Gasteiger partial charge in [0.15, 0.2) is 0 Å². The van der Waals surface area contributed by atoms with Crippen molar-refractivity contribution in [2.24, 2.45) is 5.92 Å². The van der Waals surface area contributed by atoms with Crippen LogP contribution < -0.4 is 14.8 Å². The normalized spacial score (nSPS) is 17.0. The van der Waals surface area contributed by atoms with Crippen LogP contribution in [0.1, 0.15) is 12.8 Å². The van der Waals surface area contributed by atoms with Crippen LogP contribution in [0.2, 0.25) is 5.02 Å². The summed E-state index contributed by atoms with van der Waals surface area (Å²) >= 11 is 6.14. The van der Waals surface area contributed by atoms with Crippen molar-refractivity contribution in [3.05, 3.63) is 59.6 Å². The zero-order valence-corrected chi connectivity index (χ0v) is 19.9. The number of sulfonamides is 1. The summed E-state index contributed by atoms with van der Waals surface area (Å²) in [6, 6.07) is 15.9. The van der Waals surface area contributed by atoms with Crippen LogP contribution in [0.4, 0.5) is 5.69 Å². The number of halogens is 1. The Balaban J connectivity index is 1.54. The van der Waals surface area contributed by atoms with Gasteiger partial charge in [-0.2, -0.15) is 4.31 Å². The molecule has 1 amide bonds. The molecule has 1 N–H and O–H groups in total. The summed E-state index contributed by atoms with van der Waals surface area (Å²) in [6.07, 6.45) is 1.18. The second-order valence-electron chi connectivity index (χ2n) is 7.89. The number of hydrogen-bond acceptors (Lipinski definition) is 5. The minimum Gasteiger partial charge on any atom is -0.495 e. The van der Waals surface area contributed by atoms with E-state index in [1.165, 1.54) is 18.5 Å². The molecule has 7 nitrogen and oxygen atoms in total. The lowest BCUT2D eigenvalue weighted by atomic mass is 9.98. The second-order valence-corrected chi connectivity index (χ2v) is 10.2. The van der Waals surface area contributed by atoms with E-state index in [0.29, 0.717) is 41.6 Å². The highest BCUT2D eigenvalue weighted by atomic mass is 35.5. The third-order valence-electron chi connectivity index (χ3n) is 5.85. The Morgan fingerprint density at radius 3 is 2.48 bits per heavy atom. The number of carbonyl (C=O) groups excluding carboxylic acids is 1. The van der Waals surface area contributed by atoms with E-state index in [1.807, 2.05) is 24.3 Å². The van der Waals surface area contributed by atoms with E-state index in [2.05, 4.69) is 5.32 Å². The molecule has 0 bridgehead atoms. The van der Waals surface area contributed by atoms with E-state index in [0.717, 1.165) is 10.8 Å². The molecule has 1 saturated heterocycles. The summed E-state index contributed by atoms with van der Waals surface area (Å²) in [6.45, 7) is 0.477. The van der Waals surface area contributed by atoms with Crippen molar-refractivity contribution in [1.29, 1.82) is 0 Å². The highest BCUT2D eigenvalue weighted by Gasteiger charge is 2.33. The Morgan fingerprint density at radius 1 is 1.03 bits per heavy atom. The van der Waals surface area contributed by atoms with Crippen molar-refractivity contribution in [1.82, 2.24) is 4.31 Å². The molecule has 3 aromatic rings. The summed E-state index contributed by atoms with van der Waals surface area (Å²) in [5.74, 6) is 0.0129. The fraction of sp³-hybridized carbons (Fsp3) is 0.292. The number of nitrogens with zero attached hydrogens (tertiary/aromatic N) is 1. The van der Waals surface area contributed by atoms with Gasteiger partial charge in [-0.25, -0.2) is 8.42 Å². The highest BCUT2D eigenvalue weighted by Crippen LogP contribution is 2.36. The number of fused-ring (bicyclic) bond motifs is 1. The van der Waals surface area contributed by atoms with E-state index in [9.17, 15) is 13.2 Å². The fourth-order valence-corrected chi connectivity index (χ4v) is 5.84. The average Bonchev–Trinajstić information content (AvgIpc) is 2.84. The molecule has 1 heterocycles. The number of piperidine rings is 1. The van der Waals surface area contributed by atoms with Gasteiger partial charge >= 0.3 is 0 Å². The number of hydrogen-bond donors (Lipinski definition) is 1. The predicted octanol–water partition coefficient (Wildman–Crippen LogP) is 4.55. The lowest BCUT2D eigenvalue weighted by Crippen LogP contribution is -2.43. The van der Waals surface area contributed by atoms with Crippen LogP contribution >= 0.6 is 11.6 Å². The maximum absolute atomic E-state index is 13.3. The monoisotopic (exact) mass is 488 g/mol. The number of benzene rings is 3. The van der Waals surface area contributed by atoms with Gasteiger partial charge in [-0.15, -0.1) is 0 Å². The Hall–Kier alpha value is -2.81. The molecule has 0 radical (unpaired) electrons. The number of anilines is 1. The molecule has 174 valence electrons. The van der Waals surface area contributed by atoms with E-state index in [-0.39, 0.29) is 17.3 Å². The lowest BCUT2D eigenvalue weighted by Gasteiger charge is -2.31. The van der Waals surface area contributed by atoms with E-state index in [1.54, 1.807) is 30.3 Å². The van der Waals surface area contributed by atoms with Gasteiger partial charge < -0.3 is 14.8 Å². The molecule has 1 aliphatic heterocycles. The maximum Gasteiger partial charge on any atom is 0.243 e. The van der Waals surface area contributed by atoms with Crippen molar-refractivity contribution in [2.45, 2.75) is 17.7 Å². The number of methoxy groups -OCH3 is 2. The molecule has 0 aliphatic carbocycles. The van der Waals surface area contributed by atoms with Gasteiger partial charge in [0.25, 0.3) is 0 Å². The van der Waals surface area contributed by atoms with Gasteiger partial charge in [-0.1, -0.05) is 41.9 Å². The van der Waals surface area contributed by atoms with Gasteiger partial charge in [0, 0.05) is 25.2 Å². The quantitative estimate of drug-likeness (QED) is 0.550. The molecule has 9 heteroatoms. The van der Waals surface area contributed by atoms with E-state index in [4.69, 9.17) is 21.1 Å². The van der Waals surface area contributed by atoms with Crippen molar-refractivity contribution in [3.63, 3.8) is 0 Å². The fourth-order valence-electron chi connectivity index (χ4n) is 4.04. The Morgan fingerprint density at radius 2 is 1.76 bits per heavy atom. The van der Waals surface area contributed by atoms with Gasteiger partial charge in [-0.05, 0) is 35.7 Å². The summed E-state index contributed by atoms with van der Waals surface area (Å²) in [7, 11) is -0.770. The number of carbonyl (C=O) groups is 1. The number of amides is 1. The molecule has 33 heavy (non-hydrogen) atoms. The molecule has 0 saturated carbocycles. The van der Waals surface area contributed by atoms with Gasteiger partial charge in [0.05, 0.1) is 35.7 Å². The van der Waals surface area contributed by atoms with Crippen LogP contribution in [0, 0.1) is 5.92 Å². The van der Waals surface area contributed by atoms with Gasteiger partial charge in [0.2, 0.25) is 15.9 Å². The molecular weight excluding hydrogens is 464 g/mol. The summed E-state index contributed by atoms with van der Waals surface area (Å²) in [4.78, 5) is 13.3. The summed E-state index contributed by atoms with van der Waals surface area (Å²) < 4.78 is 38.6. The largest absolute Gasteiger partial charge is 0.495 e. The third-order valence-corrected chi connectivity index (χ3v) is 8.00. The molecule has 0 unspecified atom stereocenters. The van der Waals surface area contributed by atoms with Gasteiger partial charge in [0.1, 0.15) is 11.5 Å². The average molecular weight is 489 g/mol. The van der Waals surface area contributed by atoms with E-state index >= 15 is 0 Å². The topological polar surface area (TPSA) is 84.9 Å². The smallest absolute Gasteiger partial charge is 0.243 e. The highest BCUT2D eigenvalue weighted by molar-refractivity contribution is 7.89. The molecule has 0 aromatic heterocycles. The molecule has 0 spiro atoms. The van der Waals surface area contributed by atoms with Crippen molar-refractivity contribution >= 4 is 44.0 Å². The van der Waals surface area contributed by atoms with Crippen LogP contribution in [0.3, 0.4) is 0 Å². The zero-order valence-electron chi connectivity index (χ0n) is 18.4. The standard InChI is InChI=1S/C24H25ClN2O5S/c1-31-22-14-21(23(32-2)13-20(22)25)26-24(28)18-8-5-11-27(15-18)33(29,30)19-10-9-16-6-3-4-7-17(16)12-19/h3-4,6-7,9-10,12-14,18H,5,8,11,15H2,1-2H3,(H,26,28)/t18-/m0/s1. The SMILES string of the molecule is COc1cc(NC(=O)[C@H]2CCCN(S(=O)(=O)c3ccc4ccccc4c3)C2)c(OC)cc1Cl. The first-order valence-corrected chi connectivity index (χ1v) is 12.4. The van der Waals surface area contributed by atoms with Crippen LogP contribution in [0.15, 0.2) is 59.5 Å². The number of nitrogens with one attached hydrogen (secondary N) is 1. The van der Waals surface area contributed by atoms with Crippen LogP contribution in [-0.2, 0) is 14.8 Å². The lowest BCUT2D eigenvalue weighted by molar-refractivity contribution is -0.120. The number of rotatable bonds is 6. The summed E-state index contributed by atoms with van der Waals surface area (Å²) in [5, 5.41) is 5.03. The Kier molecular flexibility index (Phi) is 6.78. The van der Waals surface area contributed by atoms with Crippen LogP contribution in [0.5, 0.6) is 11.5 Å².